The molecule has 0 fully saturated rings. The number of hydrogen-bond donors (Lipinski definition) is 5. The second-order valence-electron chi connectivity index (χ2n) is 3.20. The Labute approximate surface area is 112 Å². The fourth-order valence-electron chi connectivity index (χ4n) is 1.00. The SMILES string of the molecule is O=C(Cn1ccnc1[N+](=O)[O-])NCCO.O=P(O)(O)O. The maximum Gasteiger partial charge on any atom is 0.466 e. The van der Waals surface area contributed by atoms with Crippen LogP contribution in [0.3, 0.4) is 0 Å². The average Bonchev–Trinajstić information content (AvgIpc) is 2.72. The molecule has 0 bridgehead atoms. The van der Waals surface area contributed by atoms with Crippen LogP contribution in [0, 0.1) is 10.1 Å². The molecule has 12 nitrogen and oxygen atoms in total. The third kappa shape index (κ3) is 9.13. The van der Waals surface area contributed by atoms with E-state index in [1.165, 1.54) is 12.4 Å². The van der Waals surface area contributed by atoms with Gasteiger partial charge in [0.05, 0.1) is 6.61 Å². The van der Waals surface area contributed by atoms with Crippen molar-refractivity contribution in [2.75, 3.05) is 13.2 Å². The molecule has 5 N–H and O–H groups in total. The summed E-state index contributed by atoms with van der Waals surface area (Å²) in [4.78, 5) is 46.0. The molecule has 1 aromatic rings. The van der Waals surface area contributed by atoms with Crippen molar-refractivity contribution in [1.29, 1.82) is 0 Å². The van der Waals surface area contributed by atoms with Crippen molar-refractivity contribution in [2.45, 2.75) is 6.54 Å². The number of nitrogens with one attached hydrogen (secondary N) is 1. The predicted octanol–water partition coefficient (Wildman–Crippen LogP) is -2.03. The van der Waals surface area contributed by atoms with Crippen molar-refractivity contribution >= 4 is 19.7 Å². The number of phosphoric acid groups is 1. The molecular weight excluding hydrogens is 299 g/mol. The highest BCUT2D eigenvalue weighted by molar-refractivity contribution is 7.45. The highest BCUT2D eigenvalue weighted by atomic mass is 31.2. The Hall–Kier alpha value is -1.85. The standard InChI is InChI=1S/C7H10N4O4.H3O4P/c12-4-2-8-6(13)5-10-3-1-9-7(10)11(14)15;1-5(2,3)4/h1,3,12H,2,4-5H2,(H,8,13);(H3,1,2,3,4). The van der Waals surface area contributed by atoms with Crippen molar-refractivity contribution in [3.8, 4) is 0 Å². The Morgan fingerprint density at radius 2 is 2.05 bits per heavy atom. The number of nitrogens with zero attached hydrogens (tertiary/aromatic N) is 3. The molecule has 20 heavy (non-hydrogen) atoms. The van der Waals surface area contributed by atoms with Crippen LogP contribution in [0.1, 0.15) is 0 Å². The second kappa shape index (κ2) is 8.35. The van der Waals surface area contributed by atoms with Gasteiger partial charge in [0.25, 0.3) is 5.91 Å². The summed E-state index contributed by atoms with van der Waals surface area (Å²) < 4.78 is 10.00. The lowest BCUT2D eigenvalue weighted by Gasteiger charge is -2.02. The lowest BCUT2D eigenvalue weighted by molar-refractivity contribution is -0.396. The summed E-state index contributed by atoms with van der Waals surface area (Å²) in [5.41, 5.74) is 0. The molecule has 1 rings (SSSR count). The number of carbonyl (C=O) groups is 1. The molecule has 0 radical (unpaired) electrons. The molecule has 114 valence electrons. The lowest BCUT2D eigenvalue weighted by Crippen LogP contribution is -2.30. The highest BCUT2D eigenvalue weighted by Crippen LogP contribution is 2.25. The largest absolute Gasteiger partial charge is 0.466 e. The first-order valence-electron chi connectivity index (χ1n) is 4.96. The highest BCUT2D eigenvalue weighted by Gasteiger charge is 2.16. The third-order valence-electron chi connectivity index (χ3n) is 1.60. The molecule has 0 spiro atoms. The minimum atomic E-state index is -4.64. The summed E-state index contributed by atoms with van der Waals surface area (Å²) in [7, 11) is -4.64. The fraction of sp³-hybridized carbons (Fsp3) is 0.429. The first-order chi connectivity index (χ1) is 9.15. The summed E-state index contributed by atoms with van der Waals surface area (Å²) in [6.45, 7) is -0.227. The smallest absolute Gasteiger partial charge is 0.395 e. The van der Waals surface area contributed by atoms with E-state index in [0.717, 1.165) is 4.57 Å². The average molecular weight is 312 g/mol. The third-order valence-corrected chi connectivity index (χ3v) is 1.60. The minimum absolute atomic E-state index is 0.126. The van der Waals surface area contributed by atoms with Gasteiger partial charge in [-0.2, -0.15) is 0 Å². The van der Waals surface area contributed by atoms with E-state index in [1.807, 2.05) is 0 Å². The summed E-state index contributed by atoms with van der Waals surface area (Å²) in [5.74, 6) is -0.792. The van der Waals surface area contributed by atoms with E-state index in [4.69, 9.17) is 24.4 Å². The van der Waals surface area contributed by atoms with Gasteiger partial charge in [0, 0.05) is 6.54 Å². The molecule has 0 saturated carbocycles. The van der Waals surface area contributed by atoms with Gasteiger partial charge in [-0.25, -0.2) is 9.13 Å². The number of imidazole rings is 1. The molecular formula is C7H13N4O8P. The molecule has 0 aliphatic rings. The molecule has 0 unspecified atom stereocenters. The molecule has 1 heterocycles. The van der Waals surface area contributed by atoms with Gasteiger partial charge in [0.1, 0.15) is 12.4 Å². The first-order valence-corrected chi connectivity index (χ1v) is 6.53. The van der Waals surface area contributed by atoms with Crippen molar-refractivity contribution in [1.82, 2.24) is 14.9 Å². The summed E-state index contributed by atoms with van der Waals surface area (Å²) in [6.07, 6.45) is 2.59. The van der Waals surface area contributed by atoms with Gasteiger partial charge >= 0.3 is 13.8 Å². The molecule has 13 heteroatoms. The van der Waals surface area contributed by atoms with Crippen LogP contribution in [0.15, 0.2) is 12.4 Å². The van der Waals surface area contributed by atoms with E-state index >= 15 is 0 Å². The van der Waals surface area contributed by atoms with Gasteiger partial charge in [-0.1, -0.05) is 4.98 Å². The van der Waals surface area contributed by atoms with Crippen LogP contribution < -0.4 is 5.32 Å². The summed E-state index contributed by atoms with van der Waals surface area (Å²) >= 11 is 0. The van der Waals surface area contributed by atoms with Crippen LogP contribution in [-0.4, -0.2) is 53.3 Å². The minimum Gasteiger partial charge on any atom is -0.395 e. The quantitative estimate of drug-likeness (QED) is 0.232. The molecule has 1 aromatic heterocycles. The van der Waals surface area contributed by atoms with Crippen molar-refractivity contribution in [3.63, 3.8) is 0 Å². The molecule has 0 aliphatic heterocycles. The Balaban J connectivity index is 0.000000621. The number of aliphatic hydroxyl groups is 1. The predicted molar refractivity (Wildman–Crippen MR) is 63.2 cm³/mol. The summed E-state index contributed by atoms with van der Waals surface area (Å²) in [6, 6.07) is 0. The van der Waals surface area contributed by atoms with Crippen LogP contribution in [0.4, 0.5) is 5.95 Å². The molecule has 0 aromatic carbocycles. The van der Waals surface area contributed by atoms with E-state index < -0.39 is 18.7 Å². The van der Waals surface area contributed by atoms with E-state index in [9.17, 15) is 14.9 Å². The van der Waals surface area contributed by atoms with Gasteiger partial charge < -0.3 is 35.2 Å². The Morgan fingerprint density at radius 1 is 1.50 bits per heavy atom. The monoisotopic (exact) mass is 312 g/mol. The van der Waals surface area contributed by atoms with Crippen molar-refractivity contribution in [3.05, 3.63) is 22.5 Å². The van der Waals surface area contributed by atoms with Crippen LogP contribution in [0.5, 0.6) is 0 Å². The van der Waals surface area contributed by atoms with E-state index in [-0.39, 0.29) is 25.6 Å². The molecule has 0 aliphatic carbocycles. The maximum atomic E-state index is 11.2. The number of rotatable bonds is 5. The van der Waals surface area contributed by atoms with Crippen molar-refractivity contribution in [2.24, 2.45) is 0 Å². The van der Waals surface area contributed by atoms with Gasteiger partial charge in [-0.05, 0) is 4.92 Å². The topological polar surface area (TPSA) is 188 Å². The second-order valence-corrected chi connectivity index (χ2v) is 4.23. The first kappa shape index (κ1) is 18.1. The van der Waals surface area contributed by atoms with E-state index in [2.05, 4.69) is 10.3 Å². The van der Waals surface area contributed by atoms with Gasteiger partial charge in [-0.3, -0.25) is 4.79 Å². The van der Waals surface area contributed by atoms with Gasteiger partial charge in [0.15, 0.2) is 6.54 Å². The van der Waals surface area contributed by atoms with Crippen molar-refractivity contribution < 1.29 is 34.1 Å². The van der Waals surface area contributed by atoms with Gasteiger partial charge in [-0.15, -0.1) is 0 Å². The number of aromatic nitrogens is 2. The number of amides is 1. The molecule has 0 saturated heterocycles. The maximum absolute atomic E-state index is 11.2. The van der Waals surface area contributed by atoms with E-state index in [1.54, 1.807) is 0 Å². The summed E-state index contributed by atoms with van der Waals surface area (Å²) in [5, 5.41) is 21.2. The molecule has 1 amide bonds. The number of hydrogen-bond acceptors (Lipinski definition) is 6. The lowest BCUT2D eigenvalue weighted by atomic mass is 10.5. The van der Waals surface area contributed by atoms with Crippen LogP contribution >= 0.6 is 7.82 Å². The number of aliphatic hydroxyl groups excluding tert-OH is 1. The molecule has 0 atom stereocenters. The normalized spacial score (nSPS) is 10.4. The van der Waals surface area contributed by atoms with Gasteiger partial charge in [0.2, 0.25) is 0 Å². The van der Waals surface area contributed by atoms with E-state index in [0.29, 0.717) is 0 Å². The Kier molecular flexibility index (Phi) is 7.57. The zero-order chi connectivity index (χ0) is 15.8. The Bertz CT molecular complexity index is 489. The zero-order valence-corrected chi connectivity index (χ0v) is 10.9. The fourth-order valence-corrected chi connectivity index (χ4v) is 1.00. The Morgan fingerprint density at radius 3 is 2.50 bits per heavy atom. The van der Waals surface area contributed by atoms with Crippen LogP contribution in [0.2, 0.25) is 0 Å². The number of nitro groups is 1. The van der Waals surface area contributed by atoms with Crippen LogP contribution in [-0.2, 0) is 15.9 Å². The zero-order valence-electron chi connectivity index (χ0n) is 9.99. The van der Waals surface area contributed by atoms with Crippen LogP contribution in [0.25, 0.3) is 0 Å². The number of carbonyl (C=O) groups excluding carboxylic acids is 1.